The summed E-state index contributed by atoms with van der Waals surface area (Å²) in [4.78, 5) is 34.3. The SMILES string of the molecule is O=C1CCC(n2nc(F)c3cc(C4CCN(CCCS(=O)N5CCC(Nc6ncc(OC(F)F)cn6)CC5)CC4)ccc32)C(=O)N1. The van der Waals surface area contributed by atoms with E-state index in [0.717, 1.165) is 57.3 Å². The van der Waals surface area contributed by atoms with E-state index in [9.17, 15) is 27.0 Å². The van der Waals surface area contributed by atoms with E-state index in [2.05, 4.69) is 35.3 Å². The number of ether oxygens (including phenoxy) is 1. The first kappa shape index (κ1) is 32.3. The minimum absolute atomic E-state index is 0.0945. The number of aromatic nitrogens is 4. The number of hydrogen-bond donors (Lipinski definition) is 2. The maximum absolute atomic E-state index is 14.9. The van der Waals surface area contributed by atoms with Crippen molar-refractivity contribution in [2.75, 3.05) is 43.8 Å². The minimum Gasteiger partial charge on any atom is -0.432 e. The zero-order valence-corrected chi connectivity index (χ0v) is 26.1. The van der Waals surface area contributed by atoms with Gasteiger partial charge in [-0.05, 0) is 81.8 Å². The number of fused-ring (bicyclic) bond motifs is 1. The summed E-state index contributed by atoms with van der Waals surface area (Å²) in [5.41, 5.74) is 1.60. The molecule has 16 heteroatoms. The number of imide groups is 1. The molecule has 2 unspecified atom stereocenters. The van der Waals surface area contributed by atoms with Crippen molar-refractivity contribution in [1.29, 1.82) is 0 Å². The number of piperidine rings is 3. The number of nitrogens with zero attached hydrogens (tertiary/aromatic N) is 6. The fourth-order valence-corrected chi connectivity index (χ4v) is 7.75. The van der Waals surface area contributed by atoms with Gasteiger partial charge >= 0.3 is 6.61 Å². The summed E-state index contributed by atoms with van der Waals surface area (Å²) in [6.45, 7) is 1.11. The molecule has 3 saturated heterocycles. The third-order valence-corrected chi connectivity index (χ3v) is 10.6. The summed E-state index contributed by atoms with van der Waals surface area (Å²) in [6.07, 6.45) is 7.14. The number of hydrogen-bond acceptors (Lipinski definition) is 9. The van der Waals surface area contributed by atoms with Gasteiger partial charge in [0.05, 0.1) is 34.3 Å². The van der Waals surface area contributed by atoms with E-state index in [-0.39, 0.29) is 30.0 Å². The van der Waals surface area contributed by atoms with E-state index in [4.69, 9.17) is 0 Å². The van der Waals surface area contributed by atoms with Gasteiger partial charge in [0.1, 0.15) is 6.04 Å². The van der Waals surface area contributed by atoms with Crippen molar-refractivity contribution < 1.29 is 31.7 Å². The Hall–Kier alpha value is -3.63. The normalized spacial score (nSPS) is 21.5. The van der Waals surface area contributed by atoms with Crippen LogP contribution in [0.3, 0.4) is 0 Å². The van der Waals surface area contributed by atoms with Crippen LogP contribution in [0.4, 0.5) is 19.1 Å². The van der Waals surface area contributed by atoms with Gasteiger partial charge in [0.25, 0.3) is 5.91 Å². The van der Waals surface area contributed by atoms with E-state index < -0.39 is 35.5 Å². The molecule has 2 amide bonds. The molecule has 2 N–H and O–H groups in total. The Morgan fingerprint density at radius 3 is 2.48 bits per heavy atom. The maximum Gasteiger partial charge on any atom is 0.387 e. The van der Waals surface area contributed by atoms with E-state index in [0.29, 0.717) is 42.1 Å². The van der Waals surface area contributed by atoms with Gasteiger partial charge in [0.15, 0.2) is 5.75 Å². The van der Waals surface area contributed by atoms with Crippen molar-refractivity contribution in [3.8, 4) is 5.75 Å². The quantitative estimate of drug-likeness (QED) is 0.297. The molecular weight excluding hydrogens is 625 g/mol. The molecule has 248 valence electrons. The second kappa shape index (κ2) is 14.4. The summed E-state index contributed by atoms with van der Waals surface area (Å²) >= 11 is 0. The number of likely N-dealkylation sites (tertiary alicyclic amines) is 1. The molecule has 2 aromatic heterocycles. The molecule has 0 aliphatic carbocycles. The highest BCUT2D eigenvalue weighted by molar-refractivity contribution is 7.82. The number of carbonyl (C=O) groups is 2. The molecule has 6 rings (SSSR count). The van der Waals surface area contributed by atoms with E-state index in [1.807, 2.05) is 22.5 Å². The number of anilines is 1. The molecule has 0 bridgehead atoms. The van der Waals surface area contributed by atoms with Gasteiger partial charge in [-0.25, -0.2) is 23.2 Å². The van der Waals surface area contributed by atoms with Crippen LogP contribution in [0.5, 0.6) is 5.75 Å². The first-order valence-electron chi connectivity index (χ1n) is 15.6. The molecule has 2 atom stereocenters. The Balaban J connectivity index is 0.914. The van der Waals surface area contributed by atoms with Crippen LogP contribution in [-0.2, 0) is 20.6 Å². The molecule has 0 saturated carbocycles. The molecule has 3 aliphatic rings. The summed E-state index contributed by atoms with van der Waals surface area (Å²) < 4.78 is 60.1. The van der Waals surface area contributed by atoms with Crippen LogP contribution < -0.4 is 15.4 Å². The number of carbonyl (C=O) groups excluding carboxylic acids is 2. The van der Waals surface area contributed by atoms with Gasteiger partial charge in [0, 0.05) is 31.3 Å². The summed E-state index contributed by atoms with van der Waals surface area (Å²) in [6, 6.07) is 5.06. The predicted molar refractivity (Wildman–Crippen MR) is 164 cm³/mol. The summed E-state index contributed by atoms with van der Waals surface area (Å²) in [5.74, 6) is -0.257. The van der Waals surface area contributed by atoms with Gasteiger partial charge in [-0.15, -0.1) is 5.10 Å². The predicted octanol–water partition coefficient (Wildman–Crippen LogP) is 3.35. The largest absolute Gasteiger partial charge is 0.432 e. The second-order valence-electron chi connectivity index (χ2n) is 11.9. The molecule has 0 radical (unpaired) electrons. The van der Waals surface area contributed by atoms with E-state index in [1.54, 1.807) is 0 Å². The third kappa shape index (κ3) is 7.66. The number of rotatable bonds is 11. The summed E-state index contributed by atoms with van der Waals surface area (Å²) in [5, 5.41) is 9.91. The average molecular weight is 663 g/mol. The molecule has 46 heavy (non-hydrogen) atoms. The molecule has 3 aliphatic heterocycles. The lowest BCUT2D eigenvalue weighted by molar-refractivity contribution is -0.135. The first-order chi connectivity index (χ1) is 22.2. The van der Waals surface area contributed by atoms with Crippen LogP contribution in [0.1, 0.15) is 62.5 Å². The highest BCUT2D eigenvalue weighted by Gasteiger charge is 2.31. The summed E-state index contributed by atoms with van der Waals surface area (Å²) in [7, 11) is -1.06. The molecule has 3 fully saturated rings. The lowest BCUT2D eigenvalue weighted by atomic mass is 9.89. The van der Waals surface area contributed by atoms with Gasteiger partial charge in [-0.3, -0.25) is 14.9 Å². The molecule has 12 nitrogen and oxygen atoms in total. The third-order valence-electron chi connectivity index (χ3n) is 8.97. The van der Waals surface area contributed by atoms with Crippen molar-refractivity contribution in [2.45, 2.75) is 69.6 Å². The van der Waals surface area contributed by atoms with Crippen molar-refractivity contribution >= 4 is 39.7 Å². The average Bonchev–Trinajstić information content (AvgIpc) is 3.37. The molecule has 0 spiro atoms. The number of nitrogens with one attached hydrogen (secondary N) is 2. The first-order valence-corrected chi connectivity index (χ1v) is 16.9. The lowest BCUT2D eigenvalue weighted by Gasteiger charge is -2.33. The van der Waals surface area contributed by atoms with Gasteiger partial charge in [0.2, 0.25) is 17.8 Å². The Morgan fingerprint density at radius 2 is 1.78 bits per heavy atom. The topological polar surface area (TPSA) is 135 Å². The molecule has 1 aromatic carbocycles. The van der Waals surface area contributed by atoms with Gasteiger partial charge < -0.3 is 15.0 Å². The lowest BCUT2D eigenvalue weighted by Crippen LogP contribution is -2.42. The standard InChI is InChI=1S/C30H37F3N8O4S/c31-27-23-16-20(2-3-24(23)41(38-27)25-4-5-26(42)37-28(25)43)19-6-11-39(12-7-19)10-1-15-46(44)40-13-8-21(9-14-40)36-30-34-17-22(18-35-30)45-29(32)33/h2-3,16-19,21,25,29H,1,4-15H2,(H,34,35,36)(H,37,42,43). The van der Waals surface area contributed by atoms with Crippen LogP contribution >= 0.6 is 0 Å². The van der Waals surface area contributed by atoms with Crippen molar-refractivity contribution in [2.24, 2.45) is 0 Å². The van der Waals surface area contributed by atoms with Crippen LogP contribution in [0.15, 0.2) is 30.6 Å². The Kier molecular flexibility index (Phi) is 10.1. The van der Waals surface area contributed by atoms with Crippen LogP contribution in [-0.4, -0.2) is 96.1 Å². The van der Waals surface area contributed by atoms with E-state index in [1.165, 1.54) is 17.1 Å². The maximum atomic E-state index is 14.9. The Morgan fingerprint density at radius 1 is 1.04 bits per heavy atom. The van der Waals surface area contributed by atoms with Crippen molar-refractivity contribution in [3.05, 3.63) is 42.1 Å². The number of halogens is 3. The molecular formula is C30H37F3N8O4S. The molecule has 5 heterocycles. The van der Waals surface area contributed by atoms with Gasteiger partial charge in [-0.2, -0.15) is 13.2 Å². The van der Waals surface area contributed by atoms with Crippen molar-refractivity contribution in [1.82, 2.24) is 34.3 Å². The number of benzene rings is 1. The smallest absolute Gasteiger partial charge is 0.387 e. The Bertz CT molecular complexity index is 1560. The van der Waals surface area contributed by atoms with Crippen molar-refractivity contribution in [3.63, 3.8) is 0 Å². The van der Waals surface area contributed by atoms with E-state index >= 15 is 0 Å². The fraction of sp³-hybridized carbons (Fsp3) is 0.567. The number of amides is 2. The Labute approximate surface area is 266 Å². The highest BCUT2D eigenvalue weighted by Crippen LogP contribution is 2.33. The zero-order valence-electron chi connectivity index (χ0n) is 25.2. The van der Waals surface area contributed by atoms with Crippen LogP contribution in [0.25, 0.3) is 10.9 Å². The monoisotopic (exact) mass is 662 g/mol. The van der Waals surface area contributed by atoms with Crippen LogP contribution in [0, 0.1) is 5.95 Å². The number of alkyl halides is 2. The molecule has 3 aromatic rings. The fourth-order valence-electron chi connectivity index (χ4n) is 6.50. The zero-order chi connectivity index (χ0) is 32.2. The minimum atomic E-state index is -2.92. The highest BCUT2D eigenvalue weighted by atomic mass is 32.2. The van der Waals surface area contributed by atoms with Gasteiger partial charge in [-0.1, -0.05) is 6.07 Å². The second-order valence-corrected chi connectivity index (χ2v) is 13.5. The van der Waals surface area contributed by atoms with Crippen LogP contribution in [0.2, 0.25) is 0 Å².